The van der Waals surface area contributed by atoms with E-state index in [0.29, 0.717) is 22.7 Å². The van der Waals surface area contributed by atoms with Crippen LogP contribution in [0.4, 0.5) is 18.9 Å². The standard InChI is InChI=1S/C27H23F3N4/c1-4-7-24-20(11-12-23-17-31-26-10-6-13-32-34(23)26)14-18(2)15-25(24)19(3)33-22-9-5-8-21(16-22)27(28,29)30/h5-6,8-10,13-17,33H,3-4,7H2,1-2H3. The number of alkyl halides is 3. The molecule has 0 radical (unpaired) electrons. The molecule has 0 fully saturated rings. The normalized spacial score (nSPS) is 11.2. The van der Waals surface area contributed by atoms with E-state index in [4.69, 9.17) is 0 Å². The second-order valence-electron chi connectivity index (χ2n) is 7.96. The van der Waals surface area contributed by atoms with Crippen LogP contribution in [0.15, 0.2) is 67.5 Å². The third kappa shape index (κ3) is 4.96. The maximum absolute atomic E-state index is 13.1. The van der Waals surface area contributed by atoms with Crippen LogP contribution in [-0.2, 0) is 12.6 Å². The minimum absolute atomic E-state index is 0.327. The van der Waals surface area contributed by atoms with E-state index in [0.717, 1.165) is 47.2 Å². The summed E-state index contributed by atoms with van der Waals surface area (Å²) in [5, 5.41) is 7.35. The zero-order valence-electron chi connectivity index (χ0n) is 18.9. The van der Waals surface area contributed by atoms with Crippen molar-refractivity contribution >= 4 is 17.0 Å². The van der Waals surface area contributed by atoms with Gasteiger partial charge in [-0.1, -0.05) is 31.9 Å². The highest BCUT2D eigenvalue weighted by Gasteiger charge is 2.30. The summed E-state index contributed by atoms with van der Waals surface area (Å²) < 4.78 is 41.0. The van der Waals surface area contributed by atoms with Crippen LogP contribution in [-0.4, -0.2) is 14.6 Å². The SMILES string of the molecule is C=C(Nc1cccc(C(F)(F)F)c1)c1cc(C)cc(C#Cc2cnc3cccnn23)c1CCC. The Bertz CT molecular complexity index is 1420. The Hall–Kier alpha value is -4.05. The quantitative estimate of drug-likeness (QED) is 0.346. The first-order valence-corrected chi connectivity index (χ1v) is 10.8. The number of anilines is 1. The highest BCUT2D eigenvalue weighted by atomic mass is 19.4. The van der Waals surface area contributed by atoms with Crippen LogP contribution in [0.1, 0.15) is 46.9 Å². The number of hydrogen-bond acceptors (Lipinski definition) is 3. The van der Waals surface area contributed by atoms with Gasteiger partial charge in [0.15, 0.2) is 5.65 Å². The van der Waals surface area contributed by atoms with Gasteiger partial charge < -0.3 is 5.32 Å². The van der Waals surface area contributed by atoms with Gasteiger partial charge in [-0.25, -0.2) is 9.50 Å². The van der Waals surface area contributed by atoms with Gasteiger partial charge in [-0.15, -0.1) is 0 Å². The van der Waals surface area contributed by atoms with E-state index in [1.807, 2.05) is 31.2 Å². The second kappa shape index (κ2) is 9.44. The van der Waals surface area contributed by atoms with Gasteiger partial charge >= 0.3 is 6.18 Å². The van der Waals surface area contributed by atoms with Crippen molar-refractivity contribution in [2.45, 2.75) is 32.9 Å². The van der Waals surface area contributed by atoms with Gasteiger partial charge in [0.2, 0.25) is 0 Å². The van der Waals surface area contributed by atoms with Crippen LogP contribution in [0.25, 0.3) is 11.3 Å². The van der Waals surface area contributed by atoms with Crippen molar-refractivity contribution in [3.8, 4) is 11.8 Å². The summed E-state index contributed by atoms with van der Waals surface area (Å²) >= 11 is 0. The predicted molar refractivity (Wildman–Crippen MR) is 128 cm³/mol. The molecular weight excluding hydrogens is 437 g/mol. The summed E-state index contributed by atoms with van der Waals surface area (Å²) in [6, 6.07) is 12.8. The van der Waals surface area contributed by atoms with Crippen LogP contribution >= 0.6 is 0 Å². The van der Waals surface area contributed by atoms with E-state index in [-0.39, 0.29) is 0 Å². The highest BCUT2D eigenvalue weighted by Crippen LogP contribution is 2.32. The molecular formula is C27H23F3N4. The first kappa shape index (κ1) is 23.1. The Morgan fingerprint density at radius 2 is 1.94 bits per heavy atom. The fourth-order valence-corrected chi connectivity index (χ4v) is 3.78. The lowest BCUT2D eigenvalue weighted by Gasteiger charge is -2.17. The Kier molecular flexibility index (Phi) is 6.42. The number of rotatable bonds is 5. The lowest BCUT2D eigenvalue weighted by Crippen LogP contribution is -2.07. The number of aryl methyl sites for hydroxylation is 1. The van der Waals surface area contributed by atoms with Crippen LogP contribution in [0.5, 0.6) is 0 Å². The van der Waals surface area contributed by atoms with Crippen molar-refractivity contribution in [3.63, 3.8) is 0 Å². The minimum Gasteiger partial charge on any atom is -0.356 e. The Morgan fingerprint density at radius 3 is 2.71 bits per heavy atom. The minimum atomic E-state index is -4.41. The summed E-state index contributed by atoms with van der Waals surface area (Å²) in [5.41, 5.74) is 5.16. The molecule has 0 spiro atoms. The monoisotopic (exact) mass is 460 g/mol. The maximum Gasteiger partial charge on any atom is 0.416 e. The van der Waals surface area contributed by atoms with E-state index < -0.39 is 11.7 Å². The largest absolute Gasteiger partial charge is 0.416 e. The molecule has 172 valence electrons. The summed E-state index contributed by atoms with van der Waals surface area (Å²) in [7, 11) is 0. The van der Waals surface area contributed by atoms with Gasteiger partial charge in [0.05, 0.1) is 11.8 Å². The van der Waals surface area contributed by atoms with Crippen LogP contribution < -0.4 is 5.32 Å². The first-order chi connectivity index (χ1) is 16.3. The number of halogens is 3. The Balaban J connectivity index is 1.71. The van der Waals surface area contributed by atoms with Gasteiger partial charge in [-0.2, -0.15) is 18.3 Å². The first-order valence-electron chi connectivity index (χ1n) is 10.8. The average molecular weight is 461 g/mol. The Morgan fingerprint density at radius 1 is 1.12 bits per heavy atom. The van der Waals surface area contributed by atoms with E-state index in [1.54, 1.807) is 23.0 Å². The van der Waals surface area contributed by atoms with Crippen LogP contribution in [0.2, 0.25) is 0 Å². The molecule has 1 N–H and O–H groups in total. The highest BCUT2D eigenvalue weighted by molar-refractivity contribution is 5.79. The van der Waals surface area contributed by atoms with Gasteiger partial charge in [-0.05, 0) is 72.9 Å². The van der Waals surface area contributed by atoms with Gasteiger partial charge in [0.1, 0.15) is 5.69 Å². The topological polar surface area (TPSA) is 42.2 Å². The van der Waals surface area contributed by atoms with Crippen molar-refractivity contribution in [1.29, 1.82) is 0 Å². The summed E-state index contributed by atoms with van der Waals surface area (Å²) in [6.07, 6.45) is 0.564. The lowest BCUT2D eigenvalue weighted by atomic mass is 9.93. The summed E-state index contributed by atoms with van der Waals surface area (Å²) in [6.45, 7) is 8.15. The van der Waals surface area contributed by atoms with Gasteiger partial charge in [-0.3, -0.25) is 0 Å². The van der Waals surface area contributed by atoms with Gasteiger partial charge in [0.25, 0.3) is 0 Å². The molecule has 0 saturated heterocycles. The fraction of sp³-hybridized carbons (Fsp3) is 0.185. The third-order valence-electron chi connectivity index (χ3n) is 5.31. The molecule has 0 aliphatic heterocycles. The number of nitrogens with zero attached hydrogens (tertiary/aromatic N) is 3. The number of aromatic nitrogens is 3. The van der Waals surface area contributed by atoms with Crippen molar-refractivity contribution < 1.29 is 13.2 Å². The van der Waals surface area contributed by atoms with E-state index in [1.165, 1.54) is 6.07 Å². The van der Waals surface area contributed by atoms with E-state index in [9.17, 15) is 13.2 Å². The number of hydrogen-bond donors (Lipinski definition) is 1. The number of imidazole rings is 1. The molecule has 4 aromatic rings. The molecule has 2 aromatic heterocycles. The van der Waals surface area contributed by atoms with Gasteiger partial charge in [0, 0.05) is 28.7 Å². The molecule has 2 aromatic carbocycles. The molecule has 0 saturated carbocycles. The lowest BCUT2D eigenvalue weighted by molar-refractivity contribution is -0.137. The predicted octanol–water partition coefficient (Wildman–Crippen LogP) is 6.49. The van der Waals surface area contributed by atoms with Crippen LogP contribution in [0.3, 0.4) is 0 Å². The smallest absolute Gasteiger partial charge is 0.356 e. The number of benzene rings is 2. The molecule has 0 aliphatic carbocycles. The summed E-state index contributed by atoms with van der Waals surface area (Å²) in [4.78, 5) is 4.32. The molecule has 4 rings (SSSR count). The van der Waals surface area contributed by atoms with Crippen LogP contribution in [0, 0.1) is 18.8 Å². The summed E-state index contributed by atoms with van der Waals surface area (Å²) in [5.74, 6) is 6.42. The van der Waals surface area contributed by atoms with Crippen molar-refractivity contribution in [2.75, 3.05) is 5.32 Å². The van der Waals surface area contributed by atoms with Crippen molar-refractivity contribution in [1.82, 2.24) is 14.6 Å². The zero-order chi connectivity index (χ0) is 24.3. The van der Waals surface area contributed by atoms with E-state index in [2.05, 4.69) is 40.7 Å². The third-order valence-corrected chi connectivity index (χ3v) is 5.31. The second-order valence-corrected chi connectivity index (χ2v) is 7.96. The molecule has 2 heterocycles. The molecule has 0 atom stereocenters. The maximum atomic E-state index is 13.1. The molecule has 0 amide bonds. The van der Waals surface area contributed by atoms with E-state index >= 15 is 0 Å². The van der Waals surface area contributed by atoms with Crippen molar-refractivity contribution in [2.24, 2.45) is 0 Å². The molecule has 4 nitrogen and oxygen atoms in total. The molecule has 34 heavy (non-hydrogen) atoms. The molecule has 0 aliphatic rings. The average Bonchev–Trinajstić information content (AvgIpc) is 3.21. The fourth-order valence-electron chi connectivity index (χ4n) is 3.78. The Labute approximate surface area is 196 Å². The number of fused-ring (bicyclic) bond motifs is 1. The molecule has 0 bridgehead atoms. The molecule has 0 unspecified atom stereocenters. The number of nitrogens with one attached hydrogen (secondary N) is 1. The van der Waals surface area contributed by atoms with Crippen molar-refractivity contribution in [3.05, 3.63) is 101 Å². The zero-order valence-corrected chi connectivity index (χ0v) is 18.9. The molecule has 7 heteroatoms.